The molecule has 2 aromatic rings. The van der Waals surface area contributed by atoms with E-state index in [0.29, 0.717) is 18.9 Å². The summed E-state index contributed by atoms with van der Waals surface area (Å²) in [6, 6.07) is 4.81. The van der Waals surface area contributed by atoms with Crippen LogP contribution in [0, 0.1) is 0 Å². The summed E-state index contributed by atoms with van der Waals surface area (Å²) in [4.78, 5) is 4.03. The Morgan fingerprint density at radius 1 is 1.50 bits per heavy atom. The zero-order valence-corrected chi connectivity index (χ0v) is 12.8. The Morgan fingerprint density at radius 3 is 2.95 bits per heavy atom. The maximum Gasteiger partial charge on any atom is 0.260 e. The van der Waals surface area contributed by atoms with Gasteiger partial charge in [0.15, 0.2) is 10.2 Å². The van der Waals surface area contributed by atoms with Gasteiger partial charge in [-0.05, 0) is 26.0 Å². The number of imidazole rings is 1. The van der Waals surface area contributed by atoms with Crippen LogP contribution in [0.4, 0.5) is 0 Å². The quantitative estimate of drug-likeness (QED) is 0.880. The number of pyridine rings is 1. The van der Waals surface area contributed by atoms with Crippen LogP contribution in [0.15, 0.2) is 29.4 Å². The molecule has 1 unspecified atom stereocenters. The molecule has 2 heterocycles. The second-order valence-corrected chi connectivity index (χ2v) is 6.31. The summed E-state index contributed by atoms with van der Waals surface area (Å²) in [5.41, 5.74) is 0.482. The molecule has 0 spiro atoms. The lowest BCUT2D eigenvalue weighted by Gasteiger charge is -2.13. The van der Waals surface area contributed by atoms with Crippen LogP contribution in [0.5, 0.6) is 0 Å². The van der Waals surface area contributed by atoms with Crippen molar-refractivity contribution in [3.63, 3.8) is 0 Å². The summed E-state index contributed by atoms with van der Waals surface area (Å²) in [6.45, 7) is 4.40. The normalized spacial score (nSPS) is 13.8. The van der Waals surface area contributed by atoms with Crippen molar-refractivity contribution in [2.75, 3.05) is 13.2 Å². The first-order valence-electron chi connectivity index (χ1n) is 6.18. The van der Waals surface area contributed by atoms with Crippen molar-refractivity contribution in [3.8, 4) is 0 Å². The van der Waals surface area contributed by atoms with Gasteiger partial charge in [-0.1, -0.05) is 17.7 Å². The van der Waals surface area contributed by atoms with Gasteiger partial charge < -0.3 is 4.74 Å². The van der Waals surface area contributed by atoms with Gasteiger partial charge in [0.05, 0.1) is 6.61 Å². The van der Waals surface area contributed by atoms with Crippen molar-refractivity contribution < 1.29 is 13.2 Å². The highest BCUT2D eigenvalue weighted by atomic mass is 35.5. The standard InChI is InChI=1S/C12H16ClN3O3S/c1-3-19-8-9(2)15-20(17,18)12-11(13)14-10-6-4-5-7-16(10)12/h4-7,9,15H,3,8H2,1-2H3. The summed E-state index contributed by atoms with van der Waals surface area (Å²) in [7, 11) is -3.77. The molecule has 0 fully saturated rings. The van der Waals surface area contributed by atoms with Crippen molar-refractivity contribution in [1.29, 1.82) is 0 Å². The monoisotopic (exact) mass is 317 g/mol. The fraction of sp³-hybridized carbons (Fsp3) is 0.417. The van der Waals surface area contributed by atoms with E-state index < -0.39 is 10.0 Å². The van der Waals surface area contributed by atoms with Gasteiger partial charge >= 0.3 is 0 Å². The van der Waals surface area contributed by atoms with E-state index in [0.717, 1.165) is 0 Å². The summed E-state index contributed by atoms with van der Waals surface area (Å²) in [5, 5.41) is -0.106. The number of aromatic nitrogens is 2. The maximum absolute atomic E-state index is 12.4. The molecule has 20 heavy (non-hydrogen) atoms. The van der Waals surface area contributed by atoms with Crippen molar-refractivity contribution in [1.82, 2.24) is 14.1 Å². The van der Waals surface area contributed by atoms with Gasteiger partial charge in [0, 0.05) is 18.8 Å². The lowest BCUT2D eigenvalue weighted by atomic mass is 10.4. The molecule has 6 nitrogen and oxygen atoms in total. The minimum atomic E-state index is -3.77. The molecule has 0 amide bonds. The van der Waals surface area contributed by atoms with Gasteiger partial charge in [0.25, 0.3) is 10.0 Å². The number of rotatable bonds is 6. The Morgan fingerprint density at radius 2 is 2.25 bits per heavy atom. The molecular weight excluding hydrogens is 302 g/mol. The van der Waals surface area contributed by atoms with Crippen LogP contribution in [0.3, 0.4) is 0 Å². The average molecular weight is 318 g/mol. The van der Waals surface area contributed by atoms with E-state index in [9.17, 15) is 8.42 Å². The third kappa shape index (κ3) is 3.12. The third-order valence-electron chi connectivity index (χ3n) is 2.63. The van der Waals surface area contributed by atoms with Crippen LogP contribution >= 0.6 is 11.6 Å². The second kappa shape index (κ2) is 6.09. The van der Waals surface area contributed by atoms with Crippen molar-refractivity contribution >= 4 is 27.3 Å². The van der Waals surface area contributed by atoms with Crippen LogP contribution in [-0.4, -0.2) is 37.1 Å². The lowest BCUT2D eigenvalue weighted by molar-refractivity contribution is 0.133. The second-order valence-electron chi connectivity index (χ2n) is 4.32. The minimum absolute atomic E-state index is 0.0488. The van der Waals surface area contributed by atoms with Crippen LogP contribution in [0.2, 0.25) is 5.15 Å². The maximum atomic E-state index is 12.4. The summed E-state index contributed by atoms with van der Waals surface area (Å²) in [6.07, 6.45) is 1.61. The van der Waals surface area contributed by atoms with E-state index >= 15 is 0 Å². The fourth-order valence-corrected chi connectivity index (χ4v) is 3.71. The zero-order valence-electron chi connectivity index (χ0n) is 11.2. The molecular formula is C12H16ClN3O3S. The van der Waals surface area contributed by atoms with E-state index in [2.05, 4.69) is 9.71 Å². The number of fused-ring (bicyclic) bond motifs is 1. The Kier molecular flexibility index (Phi) is 4.64. The molecule has 0 aliphatic carbocycles. The van der Waals surface area contributed by atoms with E-state index in [4.69, 9.17) is 16.3 Å². The van der Waals surface area contributed by atoms with Gasteiger partial charge in [-0.25, -0.2) is 18.1 Å². The van der Waals surface area contributed by atoms with E-state index in [-0.39, 0.29) is 16.2 Å². The summed E-state index contributed by atoms with van der Waals surface area (Å²) in [5.74, 6) is 0. The van der Waals surface area contributed by atoms with Crippen LogP contribution < -0.4 is 4.72 Å². The number of nitrogens with zero attached hydrogens (tertiary/aromatic N) is 2. The van der Waals surface area contributed by atoms with E-state index in [1.807, 2.05) is 6.92 Å². The Bertz CT molecular complexity index is 699. The molecule has 0 saturated heterocycles. The minimum Gasteiger partial charge on any atom is -0.380 e. The summed E-state index contributed by atoms with van der Waals surface area (Å²) >= 11 is 5.96. The Balaban J connectivity index is 2.34. The zero-order chi connectivity index (χ0) is 14.8. The van der Waals surface area contributed by atoms with Crippen molar-refractivity contribution in [2.24, 2.45) is 0 Å². The highest BCUT2D eigenvalue weighted by Gasteiger charge is 2.25. The first-order valence-corrected chi connectivity index (χ1v) is 8.04. The fourth-order valence-electron chi connectivity index (χ4n) is 1.83. The molecule has 2 aromatic heterocycles. The number of sulfonamides is 1. The molecule has 0 aliphatic heterocycles. The van der Waals surface area contributed by atoms with Crippen LogP contribution in [-0.2, 0) is 14.8 Å². The topological polar surface area (TPSA) is 72.7 Å². The third-order valence-corrected chi connectivity index (χ3v) is 4.62. The molecule has 0 aromatic carbocycles. The van der Waals surface area contributed by atoms with Gasteiger partial charge in [0.1, 0.15) is 5.65 Å². The number of hydrogen-bond donors (Lipinski definition) is 1. The van der Waals surface area contributed by atoms with Gasteiger partial charge in [-0.3, -0.25) is 4.40 Å². The molecule has 0 aliphatic rings. The van der Waals surface area contributed by atoms with Gasteiger partial charge in [-0.15, -0.1) is 0 Å². The first kappa shape index (κ1) is 15.2. The SMILES string of the molecule is CCOCC(C)NS(=O)(=O)c1c(Cl)nc2ccccn12. The van der Waals surface area contributed by atoms with Gasteiger partial charge in [0.2, 0.25) is 0 Å². The Labute approximate surface area is 122 Å². The Hall–Kier alpha value is -1.15. The molecule has 2 rings (SSSR count). The predicted octanol–water partition coefficient (Wildman–Crippen LogP) is 1.69. The molecule has 8 heteroatoms. The number of halogens is 1. The molecule has 0 radical (unpaired) electrons. The number of ether oxygens (including phenoxy) is 1. The highest BCUT2D eigenvalue weighted by molar-refractivity contribution is 7.89. The molecule has 1 atom stereocenters. The first-order chi connectivity index (χ1) is 9.45. The summed E-state index contributed by atoms with van der Waals surface area (Å²) < 4.78 is 33.9. The van der Waals surface area contributed by atoms with Crippen LogP contribution in [0.25, 0.3) is 5.65 Å². The smallest absolute Gasteiger partial charge is 0.260 e. The highest BCUT2D eigenvalue weighted by Crippen LogP contribution is 2.22. The molecule has 0 saturated carbocycles. The number of hydrogen-bond acceptors (Lipinski definition) is 4. The predicted molar refractivity (Wildman–Crippen MR) is 76.5 cm³/mol. The largest absolute Gasteiger partial charge is 0.380 e. The molecule has 1 N–H and O–H groups in total. The van der Waals surface area contributed by atoms with E-state index in [1.165, 1.54) is 4.40 Å². The van der Waals surface area contributed by atoms with Crippen molar-refractivity contribution in [3.05, 3.63) is 29.5 Å². The average Bonchev–Trinajstić information content (AvgIpc) is 2.72. The molecule has 110 valence electrons. The lowest BCUT2D eigenvalue weighted by Crippen LogP contribution is -2.36. The van der Waals surface area contributed by atoms with Gasteiger partial charge in [-0.2, -0.15) is 0 Å². The van der Waals surface area contributed by atoms with Crippen LogP contribution in [0.1, 0.15) is 13.8 Å². The van der Waals surface area contributed by atoms with E-state index in [1.54, 1.807) is 31.3 Å². The molecule has 0 bridgehead atoms. The van der Waals surface area contributed by atoms with Crippen molar-refractivity contribution in [2.45, 2.75) is 24.9 Å². The number of nitrogens with one attached hydrogen (secondary N) is 1.